The molecule has 1 aromatic heterocycles. The molecule has 0 fully saturated rings. The third kappa shape index (κ3) is 2.05. The maximum Gasteiger partial charge on any atom is 0.259 e. The number of carbonyl (C=O) groups is 1. The van der Waals surface area contributed by atoms with Gasteiger partial charge in [-0.2, -0.15) is 0 Å². The second-order valence-electron chi connectivity index (χ2n) is 5.93. The van der Waals surface area contributed by atoms with E-state index in [1.807, 2.05) is 37.5 Å². The van der Waals surface area contributed by atoms with E-state index < -0.39 is 0 Å². The Bertz CT molecular complexity index is 959. The summed E-state index contributed by atoms with van der Waals surface area (Å²) in [5.74, 6) is 1.20. The Morgan fingerprint density at radius 2 is 1.75 bits per heavy atom. The molecule has 0 bridgehead atoms. The molecule has 0 saturated carbocycles. The predicted molar refractivity (Wildman–Crippen MR) is 93.0 cm³/mol. The first-order valence-corrected chi connectivity index (χ1v) is 7.74. The molecule has 122 valence electrons. The summed E-state index contributed by atoms with van der Waals surface area (Å²) in [6.07, 6.45) is 2.02. The van der Waals surface area contributed by atoms with Gasteiger partial charge >= 0.3 is 0 Å². The minimum atomic E-state index is -0.0127. The summed E-state index contributed by atoms with van der Waals surface area (Å²) in [7, 11) is 5.18. The van der Waals surface area contributed by atoms with Gasteiger partial charge in [0.2, 0.25) is 0 Å². The Kier molecular flexibility index (Phi) is 3.23. The number of hydrogen-bond acceptors (Lipinski definition) is 3. The van der Waals surface area contributed by atoms with E-state index in [1.54, 1.807) is 25.2 Å². The lowest BCUT2D eigenvalue weighted by molar-refractivity contribution is 0.0996. The van der Waals surface area contributed by atoms with Crippen LogP contribution in [0.2, 0.25) is 0 Å². The monoisotopic (exact) mass is 322 g/mol. The van der Waals surface area contributed by atoms with Crippen LogP contribution in [0.1, 0.15) is 15.9 Å². The minimum absolute atomic E-state index is 0.0127. The molecule has 2 heterocycles. The van der Waals surface area contributed by atoms with Crippen LogP contribution in [-0.2, 0) is 13.6 Å². The first-order valence-electron chi connectivity index (χ1n) is 7.74. The molecule has 5 heteroatoms. The first-order chi connectivity index (χ1) is 11.6. The molecular formula is C19H18N2O3. The molecule has 0 radical (unpaired) electrons. The number of fused-ring (bicyclic) bond motifs is 2. The Morgan fingerprint density at radius 1 is 1.00 bits per heavy atom. The van der Waals surface area contributed by atoms with Crippen LogP contribution in [0, 0.1) is 0 Å². The van der Waals surface area contributed by atoms with Crippen LogP contribution in [0.4, 0.5) is 5.69 Å². The van der Waals surface area contributed by atoms with Gasteiger partial charge in [0.1, 0.15) is 0 Å². The molecule has 0 atom stereocenters. The fraction of sp³-hybridized carbons (Fsp3) is 0.211. The van der Waals surface area contributed by atoms with E-state index in [1.165, 1.54) is 0 Å². The largest absolute Gasteiger partial charge is 0.493 e. The standard InChI is InChI=1S/C19H18N2O3/c1-20-7-6-12-8-14(4-5-16(12)20)21-11-13-9-17(23-2)18(24-3)10-15(13)19(21)22/h4-10H,11H2,1-3H3. The van der Waals surface area contributed by atoms with Gasteiger partial charge in [0.05, 0.1) is 20.8 Å². The zero-order valence-corrected chi connectivity index (χ0v) is 13.9. The summed E-state index contributed by atoms with van der Waals surface area (Å²) in [5, 5.41) is 1.12. The smallest absolute Gasteiger partial charge is 0.259 e. The minimum Gasteiger partial charge on any atom is -0.493 e. The van der Waals surface area contributed by atoms with Crippen molar-refractivity contribution < 1.29 is 14.3 Å². The molecule has 1 aliphatic heterocycles. The number of amides is 1. The van der Waals surface area contributed by atoms with Crippen LogP contribution in [-0.4, -0.2) is 24.7 Å². The number of aromatic nitrogens is 1. The van der Waals surface area contributed by atoms with Crippen molar-refractivity contribution in [2.24, 2.45) is 7.05 Å². The SMILES string of the molecule is COc1cc2c(cc1OC)C(=O)N(c1ccc3c(ccn3C)c1)C2. The summed E-state index contributed by atoms with van der Waals surface area (Å²) < 4.78 is 12.7. The van der Waals surface area contributed by atoms with Crippen molar-refractivity contribution in [2.75, 3.05) is 19.1 Å². The summed E-state index contributed by atoms with van der Waals surface area (Å²) in [6.45, 7) is 0.535. The maximum atomic E-state index is 12.8. The average Bonchev–Trinajstić information content (AvgIpc) is 3.13. The molecule has 5 nitrogen and oxygen atoms in total. The summed E-state index contributed by atoms with van der Waals surface area (Å²) >= 11 is 0. The lowest BCUT2D eigenvalue weighted by Gasteiger charge is -2.16. The van der Waals surface area contributed by atoms with Crippen molar-refractivity contribution in [1.29, 1.82) is 0 Å². The van der Waals surface area contributed by atoms with E-state index in [0.29, 0.717) is 23.6 Å². The van der Waals surface area contributed by atoms with Crippen LogP contribution >= 0.6 is 0 Å². The van der Waals surface area contributed by atoms with Gasteiger partial charge in [0, 0.05) is 35.4 Å². The number of benzene rings is 2. The van der Waals surface area contributed by atoms with Crippen molar-refractivity contribution in [1.82, 2.24) is 4.57 Å². The highest BCUT2D eigenvalue weighted by Crippen LogP contribution is 2.37. The summed E-state index contributed by atoms with van der Waals surface area (Å²) in [6, 6.07) is 11.8. The number of aryl methyl sites for hydroxylation is 1. The molecule has 24 heavy (non-hydrogen) atoms. The zero-order valence-electron chi connectivity index (χ0n) is 13.9. The van der Waals surface area contributed by atoms with Gasteiger partial charge in [-0.05, 0) is 42.0 Å². The van der Waals surface area contributed by atoms with Crippen molar-refractivity contribution in [3.8, 4) is 11.5 Å². The van der Waals surface area contributed by atoms with Crippen LogP contribution < -0.4 is 14.4 Å². The quantitative estimate of drug-likeness (QED) is 0.743. The number of carbonyl (C=O) groups excluding carboxylic acids is 1. The third-order valence-corrected chi connectivity index (χ3v) is 4.59. The molecule has 0 N–H and O–H groups in total. The van der Waals surface area contributed by atoms with Gasteiger partial charge in [-0.15, -0.1) is 0 Å². The molecule has 3 aromatic rings. The van der Waals surface area contributed by atoms with Crippen molar-refractivity contribution >= 4 is 22.5 Å². The fourth-order valence-electron chi connectivity index (χ4n) is 3.28. The Hall–Kier alpha value is -2.95. The number of hydrogen-bond donors (Lipinski definition) is 0. The number of rotatable bonds is 3. The fourth-order valence-corrected chi connectivity index (χ4v) is 3.28. The Morgan fingerprint density at radius 3 is 2.50 bits per heavy atom. The van der Waals surface area contributed by atoms with Gasteiger partial charge in [-0.3, -0.25) is 4.79 Å². The third-order valence-electron chi connectivity index (χ3n) is 4.59. The van der Waals surface area contributed by atoms with Gasteiger partial charge in [-0.25, -0.2) is 0 Å². The van der Waals surface area contributed by atoms with Crippen molar-refractivity contribution in [3.63, 3.8) is 0 Å². The van der Waals surface area contributed by atoms with Crippen LogP contribution in [0.3, 0.4) is 0 Å². The normalized spacial score (nSPS) is 13.5. The van der Waals surface area contributed by atoms with E-state index >= 15 is 0 Å². The lowest BCUT2D eigenvalue weighted by Crippen LogP contribution is -2.22. The molecular weight excluding hydrogens is 304 g/mol. The number of methoxy groups -OCH3 is 2. The molecule has 0 saturated heterocycles. The maximum absolute atomic E-state index is 12.8. The average molecular weight is 322 g/mol. The van der Waals surface area contributed by atoms with E-state index in [-0.39, 0.29) is 5.91 Å². The van der Waals surface area contributed by atoms with Crippen LogP contribution in [0.25, 0.3) is 10.9 Å². The molecule has 2 aromatic carbocycles. The molecule has 0 unspecified atom stereocenters. The molecule has 0 spiro atoms. The molecule has 1 amide bonds. The topological polar surface area (TPSA) is 43.7 Å². The Labute approximate surface area is 140 Å². The number of anilines is 1. The highest BCUT2D eigenvalue weighted by atomic mass is 16.5. The highest BCUT2D eigenvalue weighted by Gasteiger charge is 2.30. The number of nitrogens with zero attached hydrogens (tertiary/aromatic N) is 2. The van der Waals surface area contributed by atoms with Gasteiger partial charge in [0.15, 0.2) is 11.5 Å². The zero-order chi connectivity index (χ0) is 16.8. The predicted octanol–water partition coefficient (Wildman–Crippen LogP) is 3.36. The van der Waals surface area contributed by atoms with Crippen LogP contribution in [0.5, 0.6) is 11.5 Å². The number of ether oxygens (including phenoxy) is 2. The lowest BCUT2D eigenvalue weighted by atomic mass is 10.1. The second kappa shape index (κ2) is 5.30. The van der Waals surface area contributed by atoms with Gasteiger partial charge < -0.3 is 18.9 Å². The van der Waals surface area contributed by atoms with E-state index in [0.717, 1.165) is 22.2 Å². The van der Waals surface area contributed by atoms with Gasteiger partial charge in [0.25, 0.3) is 5.91 Å². The summed E-state index contributed by atoms with van der Waals surface area (Å²) in [5.41, 5.74) is 3.66. The molecule has 4 rings (SSSR count). The van der Waals surface area contributed by atoms with Crippen molar-refractivity contribution in [2.45, 2.75) is 6.54 Å². The highest BCUT2D eigenvalue weighted by molar-refractivity contribution is 6.11. The van der Waals surface area contributed by atoms with Crippen molar-refractivity contribution in [3.05, 3.63) is 53.7 Å². The van der Waals surface area contributed by atoms with E-state index in [9.17, 15) is 4.79 Å². The van der Waals surface area contributed by atoms with E-state index in [2.05, 4.69) is 10.6 Å². The first kappa shape index (κ1) is 14.6. The van der Waals surface area contributed by atoms with Gasteiger partial charge in [-0.1, -0.05) is 0 Å². The summed E-state index contributed by atoms with van der Waals surface area (Å²) in [4.78, 5) is 14.6. The van der Waals surface area contributed by atoms with E-state index in [4.69, 9.17) is 9.47 Å². The Balaban J connectivity index is 1.76. The molecule has 1 aliphatic rings. The second-order valence-corrected chi connectivity index (χ2v) is 5.93. The van der Waals surface area contributed by atoms with Crippen LogP contribution in [0.15, 0.2) is 42.6 Å². The molecule has 0 aliphatic carbocycles.